The first-order chi connectivity index (χ1) is 5.69. The molecule has 0 heterocycles. The summed E-state index contributed by atoms with van der Waals surface area (Å²) in [6.07, 6.45) is 0.379. The zero-order valence-electron chi connectivity index (χ0n) is 6.44. The number of hydrogen-bond donors (Lipinski definition) is 2. The standard InChI is InChI=1S/C8H8O4/c1-12-5-2-7(10)6(4-9)8(11)3-5/h2-4,10-11H,1H3. The van der Waals surface area contributed by atoms with E-state index in [1.54, 1.807) is 0 Å². The molecule has 0 fully saturated rings. The van der Waals surface area contributed by atoms with Gasteiger partial charge in [-0.25, -0.2) is 0 Å². The number of ether oxygens (including phenoxy) is 1. The van der Waals surface area contributed by atoms with Crippen LogP contribution in [-0.2, 0) is 0 Å². The zero-order chi connectivity index (χ0) is 9.14. The second kappa shape index (κ2) is 3.13. The molecule has 0 aliphatic carbocycles. The van der Waals surface area contributed by atoms with E-state index in [0.29, 0.717) is 12.0 Å². The minimum Gasteiger partial charge on any atom is -0.507 e. The predicted molar refractivity (Wildman–Crippen MR) is 41.7 cm³/mol. The average Bonchev–Trinajstić information content (AvgIpc) is 2.03. The molecule has 0 radical (unpaired) electrons. The maximum Gasteiger partial charge on any atom is 0.157 e. The van der Waals surface area contributed by atoms with Crippen molar-refractivity contribution in [3.8, 4) is 17.2 Å². The lowest BCUT2D eigenvalue weighted by atomic mass is 10.2. The number of methoxy groups -OCH3 is 1. The summed E-state index contributed by atoms with van der Waals surface area (Å²) < 4.78 is 4.74. The van der Waals surface area contributed by atoms with Gasteiger partial charge in [0.1, 0.15) is 17.2 Å². The number of rotatable bonds is 2. The van der Waals surface area contributed by atoms with Crippen molar-refractivity contribution in [2.75, 3.05) is 7.11 Å². The monoisotopic (exact) mass is 168 g/mol. The second-order valence-corrected chi connectivity index (χ2v) is 2.20. The van der Waals surface area contributed by atoms with Crippen molar-refractivity contribution in [3.05, 3.63) is 17.7 Å². The molecular formula is C8H8O4. The summed E-state index contributed by atoms with van der Waals surface area (Å²) in [4.78, 5) is 10.3. The first-order valence-corrected chi connectivity index (χ1v) is 3.24. The van der Waals surface area contributed by atoms with Crippen LogP contribution in [0.1, 0.15) is 10.4 Å². The van der Waals surface area contributed by atoms with Gasteiger partial charge in [0.05, 0.1) is 12.7 Å². The molecule has 0 unspecified atom stereocenters. The van der Waals surface area contributed by atoms with Crippen LogP contribution >= 0.6 is 0 Å². The van der Waals surface area contributed by atoms with E-state index < -0.39 is 0 Å². The van der Waals surface area contributed by atoms with Crippen molar-refractivity contribution in [1.29, 1.82) is 0 Å². The number of aldehydes is 1. The lowest BCUT2D eigenvalue weighted by Crippen LogP contribution is -1.86. The number of carbonyl (C=O) groups excluding carboxylic acids is 1. The fourth-order valence-corrected chi connectivity index (χ4v) is 0.836. The highest BCUT2D eigenvalue weighted by Gasteiger charge is 2.08. The highest BCUT2D eigenvalue weighted by atomic mass is 16.5. The van der Waals surface area contributed by atoms with Crippen molar-refractivity contribution in [1.82, 2.24) is 0 Å². The summed E-state index contributed by atoms with van der Waals surface area (Å²) in [6.45, 7) is 0. The Morgan fingerprint density at radius 3 is 2.17 bits per heavy atom. The Morgan fingerprint density at radius 2 is 1.83 bits per heavy atom. The summed E-state index contributed by atoms with van der Waals surface area (Å²) in [6, 6.07) is 2.51. The maximum absolute atomic E-state index is 10.3. The van der Waals surface area contributed by atoms with Crippen molar-refractivity contribution in [2.45, 2.75) is 0 Å². The first-order valence-electron chi connectivity index (χ1n) is 3.24. The van der Waals surface area contributed by atoms with Crippen LogP contribution in [0.5, 0.6) is 17.2 Å². The molecule has 0 aliphatic heterocycles. The Kier molecular flexibility index (Phi) is 2.19. The SMILES string of the molecule is COc1cc(O)c(C=O)c(O)c1. The molecule has 0 spiro atoms. The Hall–Kier alpha value is -1.71. The average molecular weight is 168 g/mol. The third kappa shape index (κ3) is 1.32. The molecule has 0 bridgehead atoms. The van der Waals surface area contributed by atoms with Gasteiger partial charge in [0.25, 0.3) is 0 Å². The molecule has 2 N–H and O–H groups in total. The summed E-state index contributed by atoms with van der Waals surface area (Å²) >= 11 is 0. The number of carbonyl (C=O) groups is 1. The van der Waals surface area contributed by atoms with Gasteiger partial charge in [-0.1, -0.05) is 0 Å². The third-order valence-corrected chi connectivity index (χ3v) is 1.46. The molecule has 4 nitrogen and oxygen atoms in total. The van der Waals surface area contributed by atoms with Crippen LogP contribution in [0.4, 0.5) is 0 Å². The molecule has 1 rings (SSSR count). The smallest absolute Gasteiger partial charge is 0.157 e. The van der Waals surface area contributed by atoms with E-state index in [-0.39, 0.29) is 17.1 Å². The summed E-state index contributed by atoms with van der Waals surface area (Å²) in [5, 5.41) is 18.3. The van der Waals surface area contributed by atoms with Crippen molar-refractivity contribution < 1.29 is 19.7 Å². The van der Waals surface area contributed by atoms with Crippen LogP contribution in [0, 0.1) is 0 Å². The van der Waals surface area contributed by atoms with Gasteiger partial charge in [-0.3, -0.25) is 4.79 Å². The van der Waals surface area contributed by atoms with E-state index >= 15 is 0 Å². The minimum absolute atomic E-state index is 0.129. The van der Waals surface area contributed by atoms with E-state index in [1.165, 1.54) is 19.2 Å². The van der Waals surface area contributed by atoms with Gasteiger partial charge in [-0.05, 0) is 0 Å². The van der Waals surface area contributed by atoms with Crippen LogP contribution < -0.4 is 4.74 Å². The number of phenolic OH excluding ortho intramolecular Hbond substituents is 2. The van der Waals surface area contributed by atoms with Gasteiger partial charge >= 0.3 is 0 Å². The Bertz CT molecular complexity index is 283. The number of phenols is 2. The molecule has 0 saturated carbocycles. The summed E-state index contributed by atoms with van der Waals surface area (Å²) in [5.74, 6) is -0.278. The van der Waals surface area contributed by atoms with Crippen LogP contribution in [0.3, 0.4) is 0 Å². The first kappa shape index (κ1) is 8.39. The number of benzene rings is 1. The molecule has 1 aromatic rings. The maximum atomic E-state index is 10.3. The highest BCUT2D eigenvalue weighted by molar-refractivity contribution is 5.83. The molecular weight excluding hydrogens is 160 g/mol. The van der Waals surface area contributed by atoms with Gasteiger partial charge in [0.2, 0.25) is 0 Å². The summed E-state index contributed by atoms with van der Waals surface area (Å²) in [7, 11) is 1.40. The second-order valence-electron chi connectivity index (χ2n) is 2.20. The Morgan fingerprint density at radius 1 is 1.33 bits per heavy atom. The van der Waals surface area contributed by atoms with Gasteiger partial charge in [-0.2, -0.15) is 0 Å². The topological polar surface area (TPSA) is 66.8 Å². The lowest BCUT2D eigenvalue weighted by molar-refractivity contribution is 0.111. The summed E-state index contributed by atoms with van der Waals surface area (Å²) in [5.41, 5.74) is -0.129. The fraction of sp³-hybridized carbons (Fsp3) is 0.125. The predicted octanol–water partition coefficient (Wildman–Crippen LogP) is 0.919. The largest absolute Gasteiger partial charge is 0.507 e. The highest BCUT2D eigenvalue weighted by Crippen LogP contribution is 2.30. The number of hydrogen-bond acceptors (Lipinski definition) is 4. The Balaban J connectivity index is 3.27. The van der Waals surface area contributed by atoms with Gasteiger partial charge < -0.3 is 14.9 Å². The zero-order valence-corrected chi connectivity index (χ0v) is 6.44. The molecule has 0 amide bonds. The van der Waals surface area contributed by atoms with Crippen LogP contribution in [-0.4, -0.2) is 23.6 Å². The van der Waals surface area contributed by atoms with Gasteiger partial charge in [0, 0.05) is 12.1 Å². The molecule has 0 saturated heterocycles. The van der Waals surface area contributed by atoms with E-state index in [4.69, 9.17) is 14.9 Å². The quantitative estimate of drug-likeness (QED) is 0.644. The molecule has 12 heavy (non-hydrogen) atoms. The van der Waals surface area contributed by atoms with Crippen molar-refractivity contribution in [2.24, 2.45) is 0 Å². The Labute approximate surface area is 69.0 Å². The molecule has 64 valence electrons. The molecule has 0 aliphatic rings. The van der Waals surface area contributed by atoms with E-state index in [2.05, 4.69) is 0 Å². The lowest BCUT2D eigenvalue weighted by Gasteiger charge is -2.03. The van der Waals surface area contributed by atoms with Gasteiger partial charge in [0.15, 0.2) is 6.29 Å². The van der Waals surface area contributed by atoms with Gasteiger partial charge in [-0.15, -0.1) is 0 Å². The molecule has 0 aromatic heterocycles. The van der Waals surface area contributed by atoms with Crippen molar-refractivity contribution in [3.63, 3.8) is 0 Å². The minimum atomic E-state index is -0.290. The van der Waals surface area contributed by atoms with E-state index in [1.807, 2.05) is 0 Å². The molecule has 4 heteroatoms. The fourth-order valence-electron chi connectivity index (χ4n) is 0.836. The molecule has 0 atom stereocenters. The normalized spacial score (nSPS) is 9.42. The van der Waals surface area contributed by atoms with Crippen LogP contribution in [0.25, 0.3) is 0 Å². The molecule has 1 aromatic carbocycles. The van der Waals surface area contributed by atoms with Crippen LogP contribution in [0.2, 0.25) is 0 Å². The van der Waals surface area contributed by atoms with E-state index in [9.17, 15) is 4.79 Å². The van der Waals surface area contributed by atoms with E-state index in [0.717, 1.165) is 0 Å². The third-order valence-electron chi connectivity index (χ3n) is 1.46. The number of aromatic hydroxyl groups is 2. The van der Waals surface area contributed by atoms with Crippen LogP contribution in [0.15, 0.2) is 12.1 Å². The van der Waals surface area contributed by atoms with Crippen molar-refractivity contribution >= 4 is 6.29 Å².